The molecular weight excluding hydrogens is 352 g/mol. The van der Waals surface area contributed by atoms with Gasteiger partial charge in [-0.1, -0.05) is 29.8 Å². The Hall–Kier alpha value is -2.24. The van der Waals surface area contributed by atoms with E-state index in [1.807, 2.05) is 35.2 Å². The maximum Gasteiger partial charge on any atom is 0.257 e. The van der Waals surface area contributed by atoms with Crippen LogP contribution in [0.4, 0.5) is 0 Å². The van der Waals surface area contributed by atoms with Crippen LogP contribution in [0, 0.1) is 0 Å². The minimum Gasteiger partial charge on any atom is -0.496 e. The Bertz CT molecular complexity index is 731. The van der Waals surface area contributed by atoms with Crippen molar-refractivity contribution in [3.05, 3.63) is 59.1 Å². The second-order valence-corrected chi connectivity index (χ2v) is 6.58. The molecule has 0 aliphatic carbocycles. The molecular formula is C20H23ClN2O3. The Kier molecular flexibility index (Phi) is 6.36. The Morgan fingerprint density at radius 3 is 2.50 bits per heavy atom. The molecule has 138 valence electrons. The lowest BCUT2D eigenvalue weighted by molar-refractivity contribution is 0.0617. The van der Waals surface area contributed by atoms with Crippen molar-refractivity contribution >= 4 is 17.5 Å². The molecule has 0 N–H and O–H groups in total. The van der Waals surface area contributed by atoms with Crippen molar-refractivity contribution in [1.29, 1.82) is 0 Å². The van der Waals surface area contributed by atoms with Gasteiger partial charge in [0.2, 0.25) is 0 Å². The van der Waals surface area contributed by atoms with E-state index in [0.717, 1.165) is 25.4 Å². The van der Waals surface area contributed by atoms with Crippen molar-refractivity contribution < 1.29 is 14.3 Å². The summed E-state index contributed by atoms with van der Waals surface area (Å²) < 4.78 is 11.0. The molecule has 2 aromatic rings. The van der Waals surface area contributed by atoms with Crippen LogP contribution in [-0.4, -0.2) is 62.1 Å². The van der Waals surface area contributed by atoms with Crippen LogP contribution < -0.4 is 9.47 Å². The third-order valence-corrected chi connectivity index (χ3v) is 4.71. The highest BCUT2D eigenvalue weighted by Gasteiger charge is 2.24. The summed E-state index contributed by atoms with van der Waals surface area (Å²) in [4.78, 5) is 16.9. The molecule has 0 atom stereocenters. The van der Waals surface area contributed by atoms with Crippen molar-refractivity contribution in [3.63, 3.8) is 0 Å². The van der Waals surface area contributed by atoms with Crippen LogP contribution in [0.2, 0.25) is 5.02 Å². The fourth-order valence-corrected chi connectivity index (χ4v) is 3.16. The predicted molar refractivity (Wildman–Crippen MR) is 102 cm³/mol. The molecule has 0 saturated carbocycles. The van der Waals surface area contributed by atoms with E-state index in [0.29, 0.717) is 36.0 Å². The molecule has 0 radical (unpaired) electrons. The Balaban J connectivity index is 1.48. The molecule has 0 spiro atoms. The first-order valence-corrected chi connectivity index (χ1v) is 9.08. The van der Waals surface area contributed by atoms with Crippen LogP contribution in [-0.2, 0) is 0 Å². The monoisotopic (exact) mass is 374 g/mol. The van der Waals surface area contributed by atoms with Crippen LogP contribution in [0.15, 0.2) is 48.5 Å². The summed E-state index contributed by atoms with van der Waals surface area (Å²) in [6, 6.07) is 14.9. The molecule has 1 saturated heterocycles. The average molecular weight is 375 g/mol. The minimum absolute atomic E-state index is 0.0151. The minimum atomic E-state index is -0.0151. The molecule has 0 aromatic heterocycles. The highest BCUT2D eigenvalue weighted by atomic mass is 35.5. The number of methoxy groups -OCH3 is 1. The Morgan fingerprint density at radius 2 is 1.81 bits per heavy atom. The van der Waals surface area contributed by atoms with E-state index >= 15 is 0 Å². The van der Waals surface area contributed by atoms with Crippen LogP contribution in [0.5, 0.6) is 11.5 Å². The van der Waals surface area contributed by atoms with E-state index < -0.39 is 0 Å². The van der Waals surface area contributed by atoms with Gasteiger partial charge in [-0.15, -0.1) is 0 Å². The molecule has 0 bridgehead atoms. The van der Waals surface area contributed by atoms with Crippen molar-refractivity contribution in [2.24, 2.45) is 0 Å². The van der Waals surface area contributed by atoms with Gasteiger partial charge in [-0.2, -0.15) is 0 Å². The number of amides is 1. The second-order valence-electron chi connectivity index (χ2n) is 6.14. The number of benzene rings is 2. The number of para-hydroxylation sites is 1. The maximum absolute atomic E-state index is 12.8. The molecule has 3 rings (SSSR count). The number of halogens is 1. The molecule has 26 heavy (non-hydrogen) atoms. The molecule has 1 aliphatic rings. The number of piperazine rings is 1. The maximum atomic E-state index is 12.8. The summed E-state index contributed by atoms with van der Waals surface area (Å²) in [5.74, 6) is 1.39. The molecule has 2 aromatic carbocycles. The van der Waals surface area contributed by atoms with Crippen molar-refractivity contribution in [3.8, 4) is 11.5 Å². The number of nitrogens with zero attached hydrogens (tertiary/aromatic N) is 2. The van der Waals surface area contributed by atoms with Gasteiger partial charge in [-0.3, -0.25) is 9.69 Å². The fourth-order valence-electron chi connectivity index (χ4n) is 3.00. The zero-order chi connectivity index (χ0) is 18.4. The van der Waals surface area contributed by atoms with E-state index in [1.54, 1.807) is 25.3 Å². The number of hydrogen-bond acceptors (Lipinski definition) is 4. The van der Waals surface area contributed by atoms with Gasteiger partial charge in [0.25, 0.3) is 5.91 Å². The summed E-state index contributed by atoms with van der Waals surface area (Å²) in [5.41, 5.74) is 0.553. The van der Waals surface area contributed by atoms with Gasteiger partial charge in [-0.05, 0) is 30.3 Å². The standard InChI is InChI=1S/C20H23ClN2O3/c1-25-19-15-16(21)7-8-18(19)20(24)23-11-9-22(10-12-23)13-14-26-17-5-3-2-4-6-17/h2-8,15H,9-14H2,1H3. The zero-order valence-electron chi connectivity index (χ0n) is 14.9. The van der Waals surface area contributed by atoms with Gasteiger partial charge < -0.3 is 14.4 Å². The highest BCUT2D eigenvalue weighted by Crippen LogP contribution is 2.24. The third kappa shape index (κ3) is 4.68. The lowest BCUT2D eigenvalue weighted by atomic mass is 10.1. The second kappa shape index (κ2) is 8.92. The van der Waals surface area contributed by atoms with Crippen molar-refractivity contribution in [2.45, 2.75) is 0 Å². The Morgan fingerprint density at radius 1 is 1.08 bits per heavy atom. The smallest absolute Gasteiger partial charge is 0.257 e. The van der Waals surface area contributed by atoms with E-state index in [1.165, 1.54) is 0 Å². The van der Waals surface area contributed by atoms with Gasteiger partial charge in [0.05, 0.1) is 12.7 Å². The first-order chi connectivity index (χ1) is 12.7. The van der Waals surface area contributed by atoms with Crippen LogP contribution in [0.25, 0.3) is 0 Å². The molecule has 0 unspecified atom stereocenters. The quantitative estimate of drug-likeness (QED) is 0.778. The van der Waals surface area contributed by atoms with Gasteiger partial charge in [-0.25, -0.2) is 0 Å². The third-order valence-electron chi connectivity index (χ3n) is 4.47. The molecule has 1 aliphatic heterocycles. The predicted octanol–water partition coefficient (Wildman–Crippen LogP) is 3.19. The van der Waals surface area contributed by atoms with Crippen LogP contribution in [0.3, 0.4) is 0 Å². The van der Waals surface area contributed by atoms with E-state index in [2.05, 4.69) is 4.90 Å². The summed E-state index contributed by atoms with van der Waals surface area (Å²) in [6.07, 6.45) is 0. The lowest BCUT2D eigenvalue weighted by Crippen LogP contribution is -2.49. The number of ether oxygens (including phenoxy) is 2. The zero-order valence-corrected chi connectivity index (χ0v) is 15.6. The van der Waals surface area contributed by atoms with Crippen LogP contribution in [0.1, 0.15) is 10.4 Å². The average Bonchev–Trinajstić information content (AvgIpc) is 2.69. The molecule has 6 heteroatoms. The van der Waals surface area contributed by atoms with Gasteiger partial charge in [0.1, 0.15) is 18.1 Å². The van der Waals surface area contributed by atoms with E-state index in [4.69, 9.17) is 21.1 Å². The first-order valence-electron chi connectivity index (χ1n) is 8.70. The fraction of sp³-hybridized carbons (Fsp3) is 0.350. The van der Waals surface area contributed by atoms with E-state index in [9.17, 15) is 4.79 Å². The summed E-state index contributed by atoms with van der Waals surface area (Å²) >= 11 is 5.97. The SMILES string of the molecule is COc1cc(Cl)ccc1C(=O)N1CCN(CCOc2ccccc2)CC1. The molecule has 5 nitrogen and oxygen atoms in total. The van der Waals surface area contributed by atoms with Crippen molar-refractivity contribution in [1.82, 2.24) is 9.80 Å². The Labute approximate surface area is 159 Å². The normalized spacial score (nSPS) is 14.9. The lowest BCUT2D eigenvalue weighted by Gasteiger charge is -2.34. The first kappa shape index (κ1) is 18.5. The number of hydrogen-bond donors (Lipinski definition) is 0. The van der Waals surface area contributed by atoms with Crippen molar-refractivity contribution in [2.75, 3.05) is 46.4 Å². The molecule has 1 amide bonds. The highest BCUT2D eigenvalue weighted by molar-refractivity contribution is 6.30. The van der Waals surface area contributed by atoms with Gasteiger partial charge in [0, 0.05) is 37.7 Å². The van der Waals surface area contributed by atoms with Crippen LogP contribution >= 0.6 is 11.6 Å². The number of carbonyl (C=O) groups is 1. The number of rotatable bonds is 6. The summed E-state index contributed by atoms with van der Waals surface area (Å²) in [7, 11) is 1.55. The number of carbonyl (C=O) groups excluding carboxylic acids is 1. The van der Waals surface area contributed by atoms with Gasteiger partial charge >= 0.3 is 0 Å². The van der Waals surface area contributed by atoms with E-state index in [-0.39, 0.29) is 5.91 Å². The summed E-state index contributed by atoms with van der Waals surface area (Å²) in [6.45, 7) is 4.54. The largest absolute Gasteiger partial charge is 0.496 e. The molecule has 1 heterocycles. The summed E-state index contributed by atoms with van der Waals surface area (Å²) in [5, 5.41) is 0.557. The topological polar surface area (TPSA) is 42.0 Å². The van der Waals surface area contributed by atoms with Gasteiger partial charge in [0.15, 0.2) is 0 Å². The molecule has 1 fully saturated rings.